The Bertz CT molecular complexity index is 485. The molecule has 0 fully saturated rings. The van der Waals surface area contributed by atoms with Crippen LogP contribution in [0.5, 0.6) is 0 Å². The summed E-state index contributed by atoms with van der Waals surface area (Å²) in [5.74, 6) is 0. The fourth-order valence-electron chi connectivity index (χ4n) is 4.20. The van der Waals surface area contributed by atoms with Crippen molar-refractivity contribution in [1.29, 1.82) is 0 Å². The topological polar surface area (TPSA) is 0 Å². The van der Waals surface area contributed by atoms with E-state index in [1.807, 2.05) is 30.3 Å². The number of hydrogen-bond acceptors (Lipinski definition) is 0. The minimum absolute atomic E-state index is 0. The summed E-state index contributed by atoms with van der Waals surface area (Å²) in [6.45, 7) is 4.59. The van der Waals surface area contributed by atoms with Crippen LogP contribution in [0.1, 0.15) is 128 Å². The third-order valence-corrected chi connectivity index (χ3v) is 6.16. The Labute approximate surface area is 205 Å². The van der Waals surface area contributed by atoms with Crippen LogP contribution < -0.4 is 0 Å². The standard InChI is InChI=1S/C25H45.C5H5.Fe/c1-3-5-7-9-11-13-15-17-20-24-22-19-23-25(24)21-18-16-14-12-10-8-6-4-2;1-2-4-5-3-1;/h19,22-23H,3-18,20-21H2,1-2H3;1-5H;/q-1;-5;. The van der Waals surface area contributed by atoms with Crippen molar-refractivity contribution in [2.75, 3.05) is 0 Å². The van der Waals surface area contributed by atoms with Crippen molar-refractivity contribution < 1.29 is 17.1 Å². The first-order chi connectivity index (χ1) is 14.9. The molecular weight excluding hydrogens is 416 g/mol. The SMILES string of the molecule is CCCCCCCCCCc1ccc[c-]1CCCCCCCCCC.[Fe].[cH-]1[cH-][cH-][cH-][cH-]1. The van der Waals surface area contributed by atoms with Gasteiger partial charge in [0, 0.05) is 17.1 Å². The summed E-state index contributed by atoms with van der Waals surface area (Å²) in [6, 6.07) is 17.0. The molecule has 0 bridgehead atoms. The van der Waals surface area contributed by atoms with E-state index in [0.717, 1.165) is 0 Å². The fraction of sp³-hybridized carbons (Fsp3) is 0.667. The van der Waals surface area contributed by atoms with Gasteiger partial charge >= 0.3 is 0 Å². The minimum Gasteiger partial charge on any atom is -0.748 e. The van der Waals surface area contributed by atoms with Gasteiger partial charge in [-0.05, 0) is 0 Å². The van der Waals surface area contributed by atoms with Crippen LogP contribution in [0.3, 0.4) is 0 Å². The van der Waals surface area contributed by atoms with Crippen LogP contribution >= 0.6 is 0 Å². The second-order valence-electron chi connectivity index (χ2n) is 8.99. The van der Waals surface area contributed by atoms with Gasteiger partial charge < -0.3 is 30.3 Å². The Balaban J connectivity index is 0.00000131. The van der Waals surface area contributed by atoms with Gasteiger partial charge in [-0.2, -0.15) is 17.2 Å². The Morgan fingerprint density at radius 3 is 1.48 bits per heavy atom. The van der Waals surface area contributed by atoms with Crippen molar-refractivity contribution in [2.45, 2.75) is 129 Å². The third kappa shape index (κ3) is 18.5. The van der Waals surface area contributed by atoms with Gasteiger partial charge in [0.2, 0.25) is 0 Å². The number of hydrogen-bond donors (Lipinski definition) is 0. The van der Waals surface area contributed by atoms with Gasteiger partial charge in [0.05, 0.1) is 0 Å². The molecule has 0 aliphatic carbocycles. The van der Waals surface area contributed by atoms with Crippen molar-refractivity contribution in [3.05, 3.63) is 59.7 Å². The van der Waals surface area contributed by atoms with E-state index in [0.29, 0.717) is 0 Å². The van der Waals surface area contributed by atoms with Gasteiger partial charge in [0.25, 0.3) is 0 Å². The average Bonchev–Trinajstić information content (AvgIpc) is 3.47. The van der Waals surface area contributed by atoms with Gasteiger partial charge in [-0.3, -0.25) is 0 Å². The molecule has 0 N–H and O–H groups in total. The van der Waals surface area contributed by atoms with E-state index in [1.165, 1.54) is 116 Å². The number of rotatable bonds is 18. The van der Waals surface area contributed by atoms with Crippen LogP contribution in [0.15, 0.2) is 48.5 Å². The van der Waals surface area contributed by atoms with Crippen molar-refractivity contribution in [2.24, 2.45) is 0 Å². The maximum absolute atomic E-state index is 2.38. The predicted molar refractivity (Wildman–Crippen MR) is 137 cm³/mol. The van der Waals surface area contributed by atoms with Crippen molar-refractivity contribution >= 4 is 0 Å². The normalized spacial score (nSPS) is 10.4. The molecular formula is C30H50Fe-6. The van der Waals surface area contributed by atoms with E-state index in [9.17, 15) is 0 Å². The van der Waals surface area contributed by atoms with Crippen LogP contribution in [-0.4, -0.2) is 0 Å². The molecule has 0 nitrogen and oxygen atoms in total. The van der Waals surface area contributed by atoms with E-state index in [1.54, 1.807) is 11.1 Å². The van der Waals surface area contributed by atoms with Crippen LogP contribution in [-0.2, 0) is 29.9 Å². The van der Waals surface area contributed by atoms with E-state index < -0.39 is 0 Å². The minimum atomic E-state index is 0. The van der Waals surface area contributed by atoms with Crippen molar-refractivity contribution in [3.8, 4) is 0 Å². The summed E-state index contributed by atoms with van der Waals surface area (Å²) in [6.07, 6.45) is 25.4. The van der Waals surface area contributed by atoms with Crippen molar-refractivity contribution in [3.63, 3.8) is 0 Å². The zero-order valence-corrected chi connectivity index (χ0v) is 21.8. The monoisotopic (exact) mass is 466 g/mol. The Kier molecular flexibility index (Phi) is 23.3. The number of unbranched alkanes of at least 4 members (excludes halogenated alkanes) is 14. The maximum Gasteiger partial charge on any atom is 0 e. The molecule has 0 heterocycles. The van der Waals surface area contributed by atoms with E-state index in [4.69, 9.17) is 0 Å². The molecule has 2 rings (SSSR count). The maximum atomic E-state index is 2.38. The molecule has 0 saturated carbocycles. The summed E-state index contributed by atoms with van der Waals surface area (Å²) >= 11 is 0. The molecule has 2 aromatic rings. The zero-order chi connectivity index (χ0) is 21.5. The molecule has 0 unspecified atom stereocenters. The number of aryl methyl sites for hydroxylation is 2. The summed E-state index contributed by atoms with van der Waals surface area (Å²) in [5.41, 5.74) is 3.29. The Morgan fingerprint density at radius 2 is 1.00 bits per heavy atom. The summed E-state index contributed by atoms with van der Waals surface area (Å²) in [7, 11) is 0. The molecule has 184 valence electrons. The van der Waals surface area contributed by atoms with Crippen LogP contribution in [0.4, 0.5) is 0 Å². The second kappa shape index (κ2) is 23.9. The first-order valence-electron chi connectivity index (χ1n) is 13.3. The molecule has 0 aromatic heterocycles. The van der Waals surface area contributed by atoms with Crippen LogP contribution in [0, 0.1) is 0 Å². The molecule has 0 radical (unpaired) electrons. The largest absolute Gasteiger partial charge is 0.748 e. The molecule has 0 amide bonds. The summed E-state index contributed by atoms with van der Waals surface area (Å²) in [4.78, 5) is 0. The Morgan fingerprint density at radius 1 is 0.581 bits per heavy atom. The van der Waals surface area contributed by atoms with Gasteiger partial charge in [0.15, 0.2) is 0 Å². The van der Waals surface area contributed by atoms with Gasteiger partial charge in [-0.25, -0.2) is 12.1 Å². The van der Waals surface area contributed by atoms with Crippen LogP contribution in [0.2, 0.25) is 0 Å². The fourth-order valence-corrected chi connectivity index (χ4v) is 4.20. The smallest absolute Gasteiger partial charge is 0 e. The van der Waals surface area contributed by atoms with Gasteiger partial charge in [-0.15, -0.1) is 0 Å². The van der Waals surface area contributed by atoms with E-state index in [2.05, 4.69) is 32.0 Å². The first-order valence-corrected chi connectivity index (χ1v) is 13.3. The second-order valence-corrected chi connectivity index (χ2v) is 8.99. The Hall–Kier alpha value is -0.781. The molecule has 0 saturated heterocycles. The van der Waals surface area contributed by atoms with Crippen LogP contribution in [0.25, 0.3) is 0 Å². The predicted octanol–water partition coefficient (Wildman–Crippen LogP) is 10.2. The molecule has 1 heteroatoms. The van der Waals surface area contributed by atoms with Crippen molar-refractivity contribution in [1.82, 2.24) is 0 Å². The third-order valence-electron chi connectivity index (χ3n) is 6.16. The quantitative estimate of drug-likeness (QED) is 0.116. The van der Waals surface area contributed by atoms with E-state index >= 15 is 0 Å². The molecule has 0 spiro atoms. The molecule has 0 atom stereocenters. The summed E-state index contributed by atoms with van der Waals surface area (Å²) in [5, 5.41) is 0. The summed E-state index contributed by atoms with van der Waals surface area (Å²) < 4.78 is 0. The average molecular weight is 467 g/mol. The molecule has 0 aliphatic heterocycles. The van der Waals surface area contributed by atoms with E-state index in [-0.39, 0.29) is 17.1 Å². The first kappa shape index (κ1) is 30.2. The van der Waals surface area contributed by atoms with Gasteiger partial charge in [0.1, 0.15) is 0 Å². The zero-order valence-electron chi connectivity index (χ0n) is 20.7. The molecule has 2 aromatic carbocycles. The van der Waals surface area contributed by atoms with Gasteiger partial charge in [-0.1, -0.05) is 129 Å². The molecule has 0 aliphatic rings. The molecule has 31 heavy (non-hydrogen) atoms.